The van der Waals surface area contributed by atoms with Crippen LogP contribution in [-0.4, -0.2) is 70.5 Å². The molecule has 2 fully saturated rings. The van der Waals surface area contributed by atoms with Crippen molar-refractivity contribution in [1.82, 2.24) is 19.6 Å². The number of carbonyl (C=O) groups excluding carboxylic acids is 3. The van der Waals surface area contributed by atoms with Gasteiger partial charge in [0.25, 0.3) is 0 Å². The SMILES string of the molecule is COc1ccc(-n2ncc(C(=O)[C@@H]3CCN(C(=O)CN4CCCC4=O)C3)c2N)cc1. The van der Waals surface area contributed by atoms with Gasteiger partial charge >= 0.3 is 0 Å². The van der Waals surface area contributed by atoms with Crippen molar-refractivity contribution in [2.24, 2.45) is 5.92 Å². The first-order chi connectivity index (χ1) is 14.5. The summed E-state index contributed by atoms with van der Waals surface area (Å²) in [5.41, 5.74) is 7.31. The lowest BCUT2D eigenvalue weighted by molar-refractivity contribution is -0.137. The van der Waals surface area contributed by atoms with Crippen LogP contribution < -0.4 is 10.5 Å². The normalized spacial score (nSPS) is 18.8. The fourth-order valence-electron chi connectivity index (χ4n) is 4.03. The summed E-state index contributed by atoms with van der Waals surface area (Å²) in [7, 11) is 1.59. The Labute approximate surface area is 174 Å². The Morgan fingerprint density at radius 2 is 2.00 bits per heavy atom. The number of ether oxygens (including phenoxy) is 1. The predicted octanol–water partition coefficient (Wildman–Crippen LogP) is 1.12. The second-order valence-electron chi connectivity index (χ2n) is 7.66. The van der Waals surface area contributed by atoms with Crippen LogP contribution in [0.2, 0.25) is 0 Å². The molecule has 1 aromatic carbocycles. The molecule has 2 aliphatic rings. The number of nitrogen functional groups attached to an aromatic ring is 1. The number of rotatable bonds is 6. The fourth-order valence-corrected chi connectivity index (χ4v) is 4.03. The van der Waals surface area contributed by atoms with Crippen LogP contribution in [0.15, 0.2) is 30.5 Å². The molecule has 30 heavy (non-hydrogen) atoms. The van der Waals surface area contributed by atoms with Gasteiger partial charge in [-0.1, -0.05) is 0 Å². The Bertz CT molecular complexity index is 968. The van der Waals surface area contributed by atoms with Crippen molar-refractivity contribution in [3.8, 4) is 11.4 Å². The minimum atomic E-state index is -0.320. The van der Waals surface area contributed by atoms with Gasteiger partial charge in [0.1, 0.15) is 11.6 Å². The van der Waals surface area contributed by atoms with Crippen molar-refractivity contribution in [1.29, 1.82) is 0 Å². The largest absolute Gasteiger partial charge is 0.497 e. The molecular formula is C21H25N5O4. The summed E-state index contributed by atoms with van der Waals surface area (Å²) in [6.45, 7) is 1.57. The molecule has 3 heterocycles. The highest BCUT2D eigenvalue weighted by atomic mass is 16.5. The lowest BCUT2D eigenvalue weighted by Crippen LogP contribution is -2.40. The number of ketones is 1. The highest BCUT2D eigenvalue weighted by Gasteiger charge is 2.34. The number of nitrogens with zero attached hydrogens (tertiary/aromatic N) is 4. The van der Waals surface area contributed by atoms with Crippen LogP contribution in [0.4, 0.5) is 5.82 Å². The third-order valence-corrected chi connectivity index (χ3v) is 5.80. The van der Waals surface area contributed by atoms with Gasteiger partial charge in [0.2, 0.25) is 11.8 Å². The second kappa shape index (κ2) is 8.17. The van der Waals surface area contributed by atoms with Crippen LogP contribution in [0.5, 0.6) is 5.75 Å². The number of benzene rings is 1. The van der Waals surface area contributed by atoms with Gasteiger partial charge < -0.3 is 20.3 Å². The Balaban J connectivity index is 1.42. The van der Waals surface area contributed by atoms with Gasteiger partial charge in [-0.3, -0.25) is 14.4 Å². The Morgan fingerprint density at radius 3 is 2.67 bits per heavy atom. The fraction of sp³-hybridized carbons (Fsp3) is 0.429. The van der Waals surface area contributed by atoms with Crippen molar-refractivity contribution in [2.75, 3.05) is 39.0 Å². The van der Waals surface area contributed by atoms with Crippen LogP contribution in [0.25, 0.3) is 5.69 Å². The molecule has 0 radical (unpaired) electrons. The molecule has 1 aromatic heterocycles. The van der Waals surface area contributed by atoms with Gasteiger partial charge in [0.05, 0.1) is 31.1 Å². The Kier molecular flexibility index (Phi) is 5.43. The summed E-state index contributed by atoms with van der Waals surface area (Å²) >= 11 is 0. The van der Waals surface area contributed by atoms with E-state index in [2.05, 4.69) is 5.10 Å². The van der Waals surface area contributed by atoms with Crippen LogP contribution in [0.3, 0.4) is 0 Å². The van der Waals surface area contributed by atoms with Crippen LogP contribution in [0.1, 0.15) is 29.6 Å². The number of likely N-dealkylation sites (tertiary alicyclic amines) is 2. The summed E-state index contributed by atoms with van der Waals surface area (Å²) in [4.78, 5) is 40.6. The third-order valence-electron chi connectivity index (χ3n) is 5.80. The number of carbonyl (C=O) groups is 3. The number of Topliss-reactive ketones (excluding diaryl/α,β-unsaturated/α-hetero) is 1. The average molecular weight is 411 g/mol. The molecule has 2 amide bonds. The Hall–Kier alpha value is -3.36. The number of nitrogens with two attached hydrogens (primary N) is 1. The van der Waals surface area contributed by atoms with E-state index in [1.165, 1.54) is 10.9 Å². The molecule has 0 bridgehead atoms. The number of hydrogen-bond acceptors (Lipinski definition) is 6. The summed E-state index contributed by atoms with van der Waals surface area (Å²) in [6, 6.07) is 7.21. The zero-order chi connectivity index (χ0) is 21.3. The van der Waals surface area contributed by atoms with E-state index in [-0.39, 0.29) is 35.9 Å². The first-order valence-corrected chi connectivity index (χ1v) is 10.1. The molecule has 0 aliphatic carbocycles. The van der Waals surface area contributed by atoms with Crippen molar-refractivity contribution in [3.05, 3.63) is 36.0 Å². The summed E-state index contributed by atoms with van der Waals surface area (Å²) in [6.07, 6.45) is 3.36. The average Bonchev–Trinajstić information content (AvgIpc) is 3.48. The number of methoxy groups -OCH3 is 1. The maximum absolute atomic E-state index is 13.0. The zero-order valence-electron chi connectivity index (χ0n) is 16.9. The number of anilines is 1. The molecule has 4 rings (SSSR count). The van der Waals surface area contributed by atoms with Gasteiger partial charge in [-0.25, -0.2) is 4.68 Å². The molecule has 2 aliphatic heterocycles. The second-order valence-corrected chi connectivity index (χ2v) is 7.66. The van der Waals surface area contributed by atoms with Crippen LogP contribution in [0, 0.1) is 5.92 Å². The standard InChI is InChI=1S/C21H25N5O4/c1-30-16-6-4-15(5-7-16)26-21(22)17(11-23-26)20(29)14-8-10-25(12-14)19(28)13-24-9-2-3-18(24)27/h4-7,11,14H,2-3,8-10,12-13,22H2,1H3/t14-/m1/s1. The smallest absolute Gasteiger partial charge is 0.242 e. The summed E-state index contributed by atoms with van der Waals surface area (Å²) < 4.78 is 6.67. The Morgan fingerprint density at radius 1 is 1.23 bits per heavy atom. The zero-order valence-corrected chi connectivity index (χ0v) is 16.9. The first kappa shape index (κ1) is 19.9. The van der Waals surface area contributed by atoms with E-state index < -0.39 is 0 Å². The van der Waals surface area contributed by atoms with Crippen molar-refractivity contribution >= 4 is 23.4 Å². The molecule has 0 saturated carbocycles. The number of hydrogen-bond donors (Lipinski definition) is 1. The minimum Gasteiger partial charge on any atom is -0.497 e. The van der Waals surface area contributed by atoms with Crippen LogP contribution >= 0.6 is 0 Å². The van der Waals surface area contributed by atoms with E-state index in [1.54, 1.807) is 29.0 Å². The van der Waals surface area contributed by atoms with E-state index >= 15 is 0 Å². The molecule has 0 spiro atoms. The van der Waals surface area contributed by atoms with Crippen molar-refractivity contribution < 1.29 is 19.1 Å². The molecule has 2 saturated heterocycles. The van der Waals surface area contributed by atoms with Gasteiger partial charge in [0.15, 0.2) is 5.78 Å². The monoisotopic (exact) mass is 411 g/mol. The van der Waals surface area contributed by atoms with Crippen LogP contribution in [-0.2, 0) is 9.59 Å². The van der Waals surface area contributed by atoms with Gasteiger partial charge in [0, 0.05) is 32.0 Å². The number of aromatic nitrogens is 2. The molecule has 2 N–H and O–H groups in total. The van der Waals surface area contributed by atoms with Gasteiger partial charge in [-0.05, 0) is 37.1 Å². The molecule has 0 unspecified atom stereocenters. The summed E-state index contributed by atoms with van der Waals surface area (Å²) in [5.74, 6) is 0.472. The first-order valence-electron chi connectivity index (χ1n) is 10.1. The quantitative estimate of drug-likeness (QED) is 0.713. The van der Waals surface area contributed by atoms with Crippen molar-refractivity contribution in [2.45, 2.75) is 19.3 Å². The van der Waals surface area contributed by atoms with Crippen molar-refractivity contribution in [3.63, 3.8) is 0 Å². The lowest BCUT2D eigenvalue weighted by Gasteiger charge is -2.21. The van der Waals surface area contributed by atoms with Gasteiger partial charge in [-0.2, -0.15) is 5.10 Å². The number of amides is 2. The van der Waals surface area contributed by atoms with E-state index in [9.17, 15) is 14.4 Å². The van der Waals surface area contributed by atoms with E-state index in [4.69, 9.17) is 10.5 Å². The van der Waals surface area contributed by atoms with E-state index in [0.29, 0.717) is 43.8 Å². The topological polar surface area (TPSA) is 111 Å². The highest BCUT2D eigenvalue weighted by molar-refractivity contribution is 6.02. The minimum absolute atomic E-state index is 0.0221. The molecule has 9 nitrogen and oxygen atoms in total. The summed E-state index contributed by atoms with van der Waals surface area (Å²) in [5, 5.41) is 4.27. The highest BCUT2D eigenvalue weighted by Crippen LogP contribution is 2.26. The third kappa shape index (κ3) is 3.74. The van der Waals surface area contributed by atoms with E-state index in [1.807, 2.05) is 12.1 Å². The van der Waals surface area contributed by atoms with Gasteiger partial charge in [-0.15, -0.1) is 0 Å². The maximum atomic E-state index is 13.0. The molecular weight excluding hydrogens is 386 g/mol. The predicted molar refractivity (Wildman–Crippen MR) is 109 cm³/mol. The lowest BCUT2D eigenvalue weighted by atomic mass is 9.98. The van der Waals surface area contributed by atoms with E-state index in [0.717, 1.165) is 12.1 Å². The molecule has 9 heteroatoms. The molecule has 1 atom stereocenters. The molecule has 2 aromatic rings. The maximum Gasteiger partial charge on any atom is 0.242 e. The molecule has 158 valence electrons.